The molecule has 0 saturated carbocycles. The minimum atomic E-state index is -0.344. The molecule has 0 aliphatic rings. The minimum absolute atomic E-state index is 0.205. The van der Waals surface area contributed by atoms with E-state index in [1.54, 1.807) is 11.6 Å². The van der Waals surface area contributed by atoms with Crippen molar-refractivity contribution in [1.29, 1.82) is 0 Å². The highest BCUT2D eigenvalue weighted by Gasteiger charge is 2.22. The molecule has 2 heterocycles. The Labute approximate surface area is 129 Å². The van der Waals surface area contributed by atoms with Gasteiger partial charge < -0.3 is 4.52 Å². The van der Waals surface area contributed by atoms with Crippen LogP contribution in [0.4, 0.5) is 5.13 Å². The van der Waals surface area contributed by atoms with Crippen LogP contribution < -0.4 is 5.32 Å². The lowest BCUT2D eigenvalue weighted by Gasteiger charge is -2.02. The summed E-state index contributed by atoms with van der Waals surface area (Å²) in [5.41, 5.74) is 0.688. The van der Waals surface area contributed by atoms with Gasteiger partial charge in [-0.25, -0.2) is 4.98 Å². The largest absolute Gasteiger partial charge is 0.349 e. The number of amides is 1. The highest BCUT2D eigenvalue weighted by atomic mass is 32.2. The number of thiazole rings is 1. The van der Waals surface area contributed by atoms with E-state index in [-0.39, 0.29) is 11.7 Å². The van der Waals surface area contributed by atoms with Crippen molar-refractivity contribution < 1.29 is 9.32 Å². The van der Waals surface area contributed by atoms with Crippen molar-refractivity contribution in [3.8, 4) is 0 Å². The SMILES string of the molecule is Cc1noc(C(=O)Nc2nccs2)c1Sc1ccccc1. The van der Waals surface area contributed by atoms with Gasteiger partial charge in [0.25, 0.3) is 5.91 Å². The van der Waals surface area contributed by atoms with Gasteiger partial charge in [-0.3, -0.25) is 10.1 Å². The number of aryl methyl sites for hydroxylation is 1. The maximum Gasteiger partial charge on any atom is 0.297 e. The Hall–Kier alpha value is -2.12. The predicted octanol–water partition coefficient (Wildman–Crippen LogP) is 3.84. The quantitative estimate of drug-likeness (QED) is 0.791. The van der Waals surface area contributed by atoms with Gasteiger partial charge in [-0.1, -0.05) is 35.1 Å². The number of anilines is 1. The number of rotatable bonds is 4. The summed E-state index contributed by atoms with van der Waals surface area (Å²) in [5, 5.41) is 8.91. The molecule has 1 aromatic carbocycles. The highest BCUT2D eigenvalue weighted by Crippen LogP contribution is 2.33. The number of carbonyl (C=O) groups excluding carboxylic acids is 1. The van der Waals surface area contributed by atoms with Crippen LogP contribution in [-0.2, 0) is 0 Å². The number of hydrogen-bond acceptors (Lipinski definition) is 6. The second-order valence-corrected chi connectivity index (χ2v) is 6.11. The summed E-state index contributed by atoms with van der Waals surface area (Å²) in [6.45, 7) is 1.81. The lowest BCUT2D eigenvalue weighted by atomic mass is 10.3. The van der Waals surface area contributed by atoms with E-state index in [2.05, 4.69) is 15.5 Å². The fourth-order valence-electron chi connectivity index (χ4n) is 1.67. The molecule has 5 nitrogen and oxygen atoms in total. The molecule has 0 atom stereocenters. The lowest BCUT2D eigenvalue weighted by Crippen LogP contribution is -2.11. The van der Waals surface area contributed by atoms with Crippen LogP contribution >= 0.6 is 23.1 Å². The zero-order chi connectivity index (χ0) is 14.7. The van der Waals surface area contributed by atoms with Crippen LogP contribution in [0.25, 0.3) is 0 Å². The zero-order valence-corrected chi connectivity index (χ0v) is 12.7. The van der Waals surface area contributed by atoms with E-state index in [9.17, 15) is 4.79 Å². The second-order valence-electron chi connectivity index (χ2n) is 4.13. The Morgan fingerprint density at radius 3 is 2.86 bits per heavy atom. The topological polar surface area (TPSA) is 68.0 Å². The number of hydrogen-bond donors (Lipinski definition) is 1. The first-order valence-electron chi connectivity index (χ1n) is 6.14. The number of aromatic nitrogens is 2. The van der Waals surface area contributed by atoms with Crippen LogP contribution in [0, 0.1) is 6.92 Å². The standard InChI is InChI=1S/C14H11N3O2S2/c1-9-12(21-10-5-3-2-4-6-10)11(19-17-9)13(18)16-14-15-7-8-20-14/h2-8H,1H3,(H,15,16,18). The Kier molecular flexibility index (Phi) is 4.03. The van der Waals surface area contributed by atoms with Gasteiger partial charge in [0, 0.05) is 16.5 Å². The van der Waals surface area contributed by atoms with Crippen molar-refractivity contribution in [2.45, 2.75) is 16.7 Å². The number of nitrogens with zero attached hydrogens (tertiary/aromatic N) is 2. The van der Waals surface area contributed by atoms with Crippen LogP contribution in [0.2, 0.25) is 0 Å². The van der Waals surface area contributed by atoms with Crippen molar-refractivity contribution >= 4 is 34.1 Å². The first kappa shape index (κ1) is 13.8. The molecule has 1 amide bonds. The zero-order valence-electron chi connectivity index (χ0n) is 11.1. The van der Waals surface area contributed by atoms with Crippen LogP contribution in [-0.4, -0.2) is 16.0 Å². The van der Waals surface area contributed by atoms with Gasteiger partial charge in [0.05, 0.1) is 10.6 Å². The van der Waals surface area contributed by atoms with Gasteiger partial charge in [0.1, 0.15) is 0 Å². The fraction of sp³-hybridized carbons (Fsp3) is 0.0714. The van der Waals surface area contributed by atoms with Crippen molar-refractivity contribution in [3.63, 3.8) is 0 Å². The molecule has 1 N–H and O–H groups in total. The summed E-state index contributed by atoms with van der Waals surface area (Å²) < 4.78 is 5.17. The molecular formula is C14H11N3O2S2. The van der Waals surface area contributed by atoms with Gasteiger partial charge >= 0.3 is 0 Å². The maximum atomic E-state index is 12.2. The molecule has 7 heteroatoms. The summed E-state index contributed by atoms with van der Waals surface area (Å²) >= 11 is 2.80. The van der Waals surface area contributed by atoms with E-state index in [1.807, 2.05) is 37.3 Å². The molecule has 0 bridgehead atoms. The molecule has 0 aliphatic carbocycles. The average molecular weight is 317 g/mol. The van der Waals surface area contributed by atoms with Gasteiger partial charge in [-0.15, -0.1) is 11.3 Å². The van der Waals surface area contributed by atoms with Crippen LogP contribution in [0.1, 0.15) is 16.2 Å². The molecule has 0 aliphatic heterocycles. The van der Waals surface area contributed by atoms with E-state index in [4.69, 9.17) is 4.52 Å². The first-order chi connectivity index (χ1) is 10.2. The van der Waals surface area contributed by atoms with Gasteiger partial charge in [-0.05, 0) is 19.1 Å². The first-order valence-corrected chi connectivity index (χ1v) is 7.83. The van der Waals surface area contributed by atoms with Crippen molar-refractivity contribution in [3.05, 3.63) is 53.4 Å². The second kappa shape index (κ2) is 6.11. The summed E-state index contributed by atoms with van der Waals surface area (Å²) in [5.74, 6) is -0.138. The maximum absolute atomic E-state index is 12.2. The molecule has 21 heavy (non-hydrogen) atoms. The molecule has 0 saturated heterocycles. The number of carbonyl (C=O) groups is 1. The Balaban J connectivity index is 1.84. The lowest BCUT2D eigenvalue weighted by molar-refractivity contribution is 0.0984. The molecule has 2 aromatic heterocycles. The molecular weight excluding hydrogens is 306 g/mol. The molecule has 0 fully saturated rings. The Morgan fingerprint density at radius 2 is 2.14 bits per heavy atom. The molecule has 3 rings (SSSR count). The number of nitrogens with one attached hydrogen (secondary N) is 1. The van der Waals surface area contributed by atoms with E-state index in [0.717, 1.165) is 9.79 Å². The van der Waals surface area contributed by atoms with E-state index >= 15 is 0 Å². The van der Waals surface area contributed by atoms with Crippen molar-refractivity contribution in [2.75, 3.05) is 5.32 Å². The van der Waals surface area contributed by atoms with Gasteiger partial charge in [0.15, 0.2) is 5.13 Å². The summed E-state index contributed by atoms with van der Waals surface area (Å²) in [4.78, 5) is 18.0. The molecule has 106 valence electrons. The predicted molar refractivity (Wildman–Crippen MR) is 81.9 cm³/mol. The average Bonchev–Trinajstić information content (AvgIpc) is 3.11. The van der Waals surface area contributed by atoms with E-state index in [0.29, 0.717) is 10.8 Å². The molecule has 0 unspecified atom stereocenters. The van der Waals surface area contributed by atoms with E-state index in [1.165, 1.54) is 23.1 Å². The van der Waals surface area contributed by atoms with Gasteiger partial charge in [-0.2, -0.15) is 0 Å². The normalized spacial score (nSPS) is 10.5. The summed E-state index contributed by atoms with van der Waals surface area (Å²) in [6.07, 6.45) is 1.63. The van der Waals surface area contributed by atoms with Crippen LogP contribution in [0.5, 0.6) is 0 Å². The fourth-order valence-corrected chi connectivity index (χ4v) is 3.13. The Morgan fingerprint density at radius 1 is 1.33 bits per heavy atom. The number of benzene rings is 1. The third-order valence-electron chi connectivity index (χ3n) is 2.63. The monoisotopic (exact) mass is 317 g/mol. The van der Waals surface area contributed by atoms with E-state index < -0.39 is 0 Å². The van der Waals surface area contributed by atoms with Crippen molar-refractivity contribution in [1.82, 2.24) is 10.1 Å². The smallest absolute Gasteiger partial charge is 0.297 e. The van der Waals surface area contributed by atoms with Gasteiger partial charge in [0.2, 0.25) is 5.76 Å². The minimum Gasteiger partial charge on any atom is -0.349 e. The summed E-state index contributed by atoms with van der Waals surface area (Å²) in [7, 11) is 0. The third-order valence-corrected chi connectivity index (χ3v) is 4.51. The molecule has 0 spiro atoms. The van der Waals surface area contributed by atoms with Crippen LogP contribution in [0.15, 0.2) is 56.2 Å². The summed E-state index contributed by atoms with van der Waals surface area (Å²) in [6, 6.07) is 9.78. The van der Waals surface area contributed by atoms with Crippen LogP contribution in [0.3, 0.4) is 0 Å². The van der Waals surface area contributed by atoms with Crippen molar-refractivity contribution in [2.24, 2.45) is 0 Å². The third kappa shape index (κ3) is 3.14. The Bertz CT molecular complexity index is 739. The highest BCUT2D eigenvalue weighted by molar-refractivity contribution is 7.99. The molecule has 0 radical (unpaired) electrons. The molecule has 3 aromatic rings.